The zero-order valence-electron chi connectivity index (χ0n) is 14.1. The second-order valence-electron chi connectivity index (χ2n) is 5.87. The fraction of sp³-hybridized carbons (Fsp3) is 0.222. The maximum absolute atomic E-state index is 11.9. The number of rotatable bonds is 5. The van der Waals surface area contributed by atoms with Crippen LogP contribution in [0, 0.1) is 6.92 Å². The Morgan fingerprint density at radius 2 is 2.00 bits per heavy atom. The molecule has 0 saturated heterocycles. The predicted molar refractivity (Wildman–Crippen MR) is 94.4 cm³/mol. The number of hydrogen-bond donors (Lipinski definition) is 2. The van der Waals surface area contributed by atoms with Crippen LogP contribution in [0.15, 0.2) is 48.7 Å². The minimum Gasteiger partial charge on any atom is -0.378 e. The molecule has 0 aliphatic heterocycles. The average Bonchev–Trinajstić information content (AvgIpc) is 3.21. The number of H-pyrrole nitrogens is 1. The molecule has 1 amide bonds. The molecule has 2 N–H and O–H groups in total. The summed E-state index contributed by atoms with van der Waals surface area (Å²) in [6.07, 6.45) is 1.94. The van der Waals surface area contributed by atoms with Crippen molar-refractivity contribution in [2.24, 2.45) is 0 Å². The Morgan fingerprint density at radius 3 is 2.71 bits per heavy atom. The molecule has 3 rings (SSSR count). The fourth-order valence-corrected chi connectivity index (χ4v) is 2.47. The summed E-state index contributed by atoms with van der Waals surface area (Å²) in [5.41, 5.74) is 4.48. The van der Waals surface area contributed by atoms with Gasteiger partial charge in [0.05, 0.1) is 23.6 Å². The van der Waals surface area contributed by atoms with Gasteiger partial charge in [-0.25, -0.2) is 4.68 Å². The Labute approximate surface area is 141 Å². The Bertz CT molecular complexity index is 846. The van der Waals surface area contributed by atoms with Gasteiger partial charge in [0.1, 0.15) is 5.69 Å². The van der Waals surface area contributed by atoms with Crippen LogP contribution in [0.25, 0.3) is 5.69 Å². The summed E-state index contributed by atoms with van der Waals surface area (Å²) in [6.45, 7) is 2.56. The first kappa shape index (κ1) is 15.9. The van der Waals surface area contributed by atoms with Crippen molar-refractivity contribution >= 4 is 11.6 Å². The topological polar surface area (TPSA) is 66.0 Å². The number of benzene rings is 1. The van der Waals surface area contributed by atoms with Crippen LogP contribution in [0.4, 0.5) is 5.69 Å². The molecular formula is C18H21N5O. The lowest BCUT2D eigenvalue weighted by molar-refractivity contribution is 0.0822. The van der Waals surface area contributed by atoms with E-state index < -0.39 is 0 Å². The average molecular weight is 323 g/mol. The van der Waals surface area contributed by atoms with Crippen LogP contribution in [0.2, 0.25) is 0 Å². The van der Waals surface area contributed by atoms with E-state index in [0.717, 1.165) is 22.8 Å². The van der Waals surface area contributed by atoms with Crippen molar-refractivity contribution in [2.45, 2.75) is 13.5 Å². The van der Waals surface area contributed by atoms with E-state index in [1.165, 1.54) is 0 Å². The van der Waals surface area contributed by atoms with Gasteiger partial charge in [0.25, 0.3) is 5.91 Å². The number of amides is 1. The normalized spacial score (nSPS) is 10.6. The molecule has 6 heteroatoms. The largest absolute Gasteiger partial charge is 0.378 e. The van der Waals surface area contributed by atoms with Gasteiger partial charge in [0, 0.05) is 26.0 Å². The molecule has 0 unspecified atom stereocenters. The summed E-state index contributed by atoms with van der Waals surface area (Å²) in [6, 6.07) is 13.7. The maximum atomic E-state index is 11.9. The third kappa shape index (κ3) is 3.32. The summed E-state index contributed by atoms with van der Waals surface area (Å²) in [4.78, 5) is 16.6. The molecule has 0 saturated carbocycles. The molecule has 0 aliphatic carbocycles. The lowest BCUT2D eigenvalue weighted by atomic mass is 10.2. The summed E-state index contributed by atoms with van der Waals surface area (Å²) < 4.78 is 1.85. The zero-order valence-corrected chi connectivity index (χ0v) is 14.1. The van der Waals surface area contributed by atoms with Gasteiger partial charge in [-0.3, -0.25) is 4.79 Å². The molecule has 2 aromatic heterocycles. The first-order valence-corrected chi connectivity index (χ1v) is 7.79. The molecule has 0 bridgehead atoms. The van der Waals surface area contributed by atoms with E-state index in [-0.39, 0.29) is 5.91 Å². The monoisotopic (exact) mass is 323 g/mol. The van der Waals surface area contributed by atoms with Gasteiger partial charge in [0.2, 0.25) is 0 Å². The van der Waals surface area contributed by atoms with Crippen molar-refractivity contribution in [1.29, 1.82) is 0 Å². The standard InChI is InChI=1S/C18H21N5O/c1-13-10-11-23(21-13)17-7-5-4-6-15(17)19-12-14-8-9-16(20-14)18(24)22(2)3/h4-11,19-20H,12H2,1-3H3. The van der Waals surface area contributed by atoms with Crippen molar-refractivity contribution in [3.8, 4) is 5.69 Å². The third-order valence-electron chi connectivity index (χ3n) is 3.73. The number of carbonyl (C=O) groups excluding carboxylic acids is 1. The minimum absolute atomic E-state index is 0.0336. The molecule has 24 heavy (non-hydrogen) atoms. The molecule has 0 atom stereocenters. The molecule has 0 aliphatic rings. The van der Waals surface area contributed by atoms with Gasteiger partial charge in [-0.15, -0.1) is 0 Å². The number of nitrogens with one attached hydrogen (secondary N) is 2. The fourth-order valence-electron chi connectivity index (χ4n) is 2.47. The Morgan fingerprint density at radius 1 is 1.21 bits per heavy atom. The highest BCUT2D eigenvalue weighted by Gasteiger charge is 2.10. The summed E-state index contributed by atoms with van der Waals surface area (Å²) in [5, 5.41) is 7.86. The van der Waals surface area contributed by atoms with Gasteiger partial charge in [-0.1, -0.05) is 12.1 Å². The van der Waals surface area contributed by atoms with Crippen LogP contribution in [-0.2, 0) is 6.54 Å². The second-order valence-corrected chi connectivity index (χ2v) is 5.87. The lowest BCUT2D eigenvalue weighted by Gasteiger charge is -2.11. The van der Waals surface area contributed by atoms with Crippen molar-refractivity contribution in [2.75, 3.05) is 19.4 Å². The maximum Gasteiger partial charge on any atom is 0.269 e. The van der Waals surface area contributed by atoms with Crippen LogP contribution < -0.4 is 5.32 Å². The van der Waals surface area contributed by atoms with E-state index in [1.807, 2.05) is 60.3 Å². The van der Waals surface area contributed by atoms with Gasteiger partial charge < -0.3 is 15.2 Å². The molecule has 2 heterocycles. The Balaban J connectivity index is 1.75. The van der Waals surface area contributed by atoms with Crippen LogP contribution in [0.1, 0.15) is 21.9 Å². The van der Waals surface area contributed by atoms with E-state index in [1.54, 1.807) is 19.0 Å². The van der Waals surface area contributed by atoms with E-state index in [2.05, 4.69) is 15.4 Å². The molecule has 6 nitrogen and oxygen atoms in total. The van der Waals surface area contributed by atoms with E-state index >= 15 is 0 Å². The first-order valence-electron chi connectivity index (χ1n) is 7.79. The number of carbonyl (C=O) groups is 1. The number of hydrogen-bond acceptors (Lipinski definition) is 3. The molecule has 0 spiro atoms. The molecule has 124 valence electrons. The molecular weight excluding hydrogens is 302 g/mol. The highest BCUT2D eigenvalue weighted by molar-refractivity contribution is 5.92. The van der Waals surface area contributed by atoms with Crippen LogP contribution in [0.3, 0.4) is 0 Å². The van der Waals surface area contributed by atoms with Crippen molar-refractivity contribution in [1.82, 2.24) is 19.7 Å². The summed E-state index contributed by atoms with van der Waals surface area (Å²) in [5.74, 6) is -0.0336. The zero-order chi connectivity index (χ0) is 17.1. The molecule has 1 aromatic carbocycles. The first-order chi connectivity index (χ1) is 11.5. The van der Waals surface area contributed by atoms with Crippen LogP contribution in [-0.4, -0.2) is 39.7 Å². The second kappa shape index (κ2) is 6.62. The van der Waals surface area contributed by atoms with Crippen molar-refractivity contribution < 1.29 is 4.79 Å². The number of aromatic amines is 1. The number of anilines is 1. The van der Waals surface area contributed by atoms with Crippen molar-refractivity contribution in [3.05, 3.63) is 65.7 Å². The number of aromatic nitrogens is 3. The minimum atomic E-state index is -0.0336. The molecule has 0 fully saturated rings. The summed E-state index contributed by atoms with van der Waals surface area (Å²) in [7, 11) is 3.48. The number of nitrogens with zero attached hydrogens (tertiary/aromatic N) is 3. The van der Waals surface area contributed by atoms with E-state index in [9.17, 15) is 4.79 Å². The lowest BCUT2D eigenvalue weighted by Crippen LogP contribution is -2.22. The molecule has 3 aromatic rings. The molecule has 0 radical (unpaired) electrons. The number of aryl methyl sites for hydroxylation is 1. The van der Waals surface area contributed by atoms with E-state index in [0.29, 0.717) is 12.2 Å². The van der Waals surface area contributed by atoms with Crippen LogP contribution >= 0.6 is 0 Å². The SMILES string of the molecule is Cc1ccn(-c2ccccc2NCc2ccc(C(=O)N(C)C)[nH]2)n1. The van der Waals surface area contributed by atoms with Crippen LogP contribution in [0.5, 0.6) is 0 Å². The van der Waals surface area contributed by atoms with Gasteiger partial charge in [-0.2, -0.15) is 5.10 Å². The third-order valence-corrected chi connectivity index (χ3v) is 3.73. The van der Waals surface area contributed by atoms with E-state index in [4.69, 9.17) is 0 Å². The smallest absolute Gasteiger partial charge is 0.269 e. The highest BCUT2D eigenvalue weighted by atomic mass is 16.2. The summed E-state index contributed by atoms with van der Waals surface area (Å²) >= 11 is 0. The van der Waals surface area contributed by atoms with Gasteiger partial charge in [0.15, 0.2) is 0 Å². The van der Waals surface area contributed by atoms with Gasteiger partial charge >= 0.3 is 0 Å². The quantitative estimate of drug-likeness (QED) is 0.759. The Kier molecular flexibility index (Phi) is 4.37. The van der Waals surface area contributed by atoms with Gasteiger partial charge in [-0.05, 0) is 37.3 Å². The predicted octanol–water partition coefficient (Wildman–Crippen LogP) is 2.82. The Hall–Kier alpha value is -3.02. The number of para-hydroxylation sites is 2. The van der Waals surface area contributed by atoms with Crippen molar-refractivity contribution in [3.63, 3.8) is 0 Å². The highest BCUT2D eigenvalue weighted by Crippen LogP contribution is 2.20.